The van der Waals surface area contributed by atoms with Crippen LogP contribution in [0, 0.1) is 20.8 Å². The lowest BCUT2D eigenvalue weighted by Crippen LogP contribution is -2.22. The number of hydrogen-bond acceptors (Lipinski definition) is 8. The van der Waals surface area contributed by atoms with E-state index in [1.54, 1.807) is 32.0 Å². The molecular weight excluding hydrogens is 378 g/mol. The molecule has 10 heteroatoms. The number of amides is 1. The Balaban J connectivity index is 1.66. The van der Waals surface area contributed by atoms with E-state index in [9.17, 15) is 14.4 Å². The molecule has 0 aliphatic rings. The van der Waals surface area contributed by atoms with Gasteiger partial charge in [0.1, 0.15) is 0 Å². The molecular formula is C19H19N5O5. The molecule has 0 aliphatic heterocycles. The number of carbonyl (C=O) groups excluding carboxylic acids is 3. The van der Waals surface area contributed by atoms with Gasteiger partial charge in [-0.15, -0.1) is 5.10 Å². The summed E-state index contributed by atoms with van der Waals surface area (Å²) in [5.41, 5.74) is 2.94. The summed E-state index contributed by atoms with van der Waals surface area (Å²) < 4.78 is 11.1. The predicted molar refractivity (Wildman–Crippen MR) is 102 cm³/mol. The number of rotatable bonds is 5. The molecule has 0 bridgehead atoms. The van der Waals surface area contributed by atoms with E-state index in [0.717, 1.165) is 17.0 Å². The summed E-state index contributed by atoms with van der Waals surface area (Å²) >= 11 is 0. The van der Waals surface area contributed by atoms with Gasteiger partial charge >= 0.3 is 11.9 Å². The van der Waals surface area contributed by atoms with Crippen LogP contribution < -0.4 is 5.32 Å². The number of methoxy groups -OCH3 is 1. The molecule has 2 aromatic heterocycles. The highest BCUT2D eigenvalue weighted by atomic mass is 16.5. The van der Waals surface area contributed by atoms with E-state index in [2.05, 4.69) is 25.1 Å². The Morgan fingerprint density at radius 3 is 2.55 bits per heavy atom. The predicted octanol–water partition coefficient (Wildman–Crippen LogP) is 1.63. The molecule has 150 valence electrons. The maximum atomic E-state index is 12.2. The third kappa shape index (κ3) is 4.37. The van der Waals surface area contributed by atoms with Crippen molar-refractivity contribution in [1.82, 2.24) is 19.6 Å². The van der Waals surface area contributed by atoms with Crippen molar-refractivity contribution < 1.29 is 23.9 Å². The Morgan fingerprint density at radius 1 is 1.07 bits per heavy atom. The Morgan fingerprint density at radius 2 is 1.83 bits per heavy atom. The van der Waals surface area contributed by atoms with Crippen molar-refractivity contribution in [3.63, 3.8) is 0 Å². The third-order valence-electron chi connectivity index (χ3n) is 4.07. The second-order valence-electron chi connectivity index (χ2n) is 6.33. The molecule has 0 radical (unpaired) electrons. The summed E-state index contributed by atoms with van der Waals surface area (Å²) in [4.78, 5) is 44.2. The van der Waals surface area contributed by atoms with Crippen molar-refractivity contribution >= 4 is 29.3 Å². The van der Waals surface area contributed by atoms with Gasteiger partial charge in [0.2, 0.25) is 0 Å². The molecule has 0 spiro atoms. The summed E-state index contributed by atoms with van der Waals surface area (Å²) in [5, 5.41) is 6.65. The van der Waals surface area contributed by atoms with Crippen LogP contribution in [0.1, 0.15) is 37.9 Å². The lowest BCUT2D eigenvalue weighted by Gasteiger charge is -2.10. The third-order valence-corrected chi connectivity index (χ3v) is 4.07. The Hall–Kier alpha value is -3.82. The van der Waals surface area contributed by atoms with Crippen molar-refractivity contribution in [3.8, 4) is 0 Å². The number of fused-ring (bicyclic) bond motifs is 1. The summed E-state index contributed by atoms with van der Waals surface area (Å²) in [6.07, 6.45) is 0. The average Bonchev–Trinajstić information content (AvgIpc) is 3.11. The molecule has 3 rings (SSSR count). The number of aryl methyl sites for hydroxylation is 3. The van der Waals surface area contributed by atoms with Crippen molar-refractivity contribution in [2.24, 2.45) is 0 Å². The van der Waals surface area contributed by atoms with Gasteiger partial charge in [0.15, 0.2) is 6.61 Å². The smallest absolute Gasteiger partial charge is 0.378 e. The lowest BCUT2D eigenvalue weighted by atomic mass is 10.1. The van der Waals surface area contributed by atoms with Crippen molar-refractivity contribution in [3.05, 3.63) is 52.6 Å². The number of nitrogens with zero attached hydrogens (tertiary/aromatic N) is 4. The first-order chi connectivity index (χ1) is 13.8. The Bertz CT molecular complexity index is 1120. The molecule has 1 N–H and O–H groups in total. The van der Waals surface area contributed by atoms with Crippen molar-refractivity contribution in [2.45, 2.75) is 20.8 Å². The summed E-state index contributed by atoms with van der Waals surface area (Å²) in [6.45, 7) is 4.84. The largest absolute Gasteiger partial charge is 0.465 e. The second-order valence-corrected chi connectivity index (χ2v) is 6.33. The van der Waals surface area contributed by atoms with Gasteiger partial charge in [0, 0.05) is 17.1 Å². The van der Waals surface area contributed by atoms with Crippen LogP contribution >= 0.6 is 0 Å². The monoisotopic (exact) mass is 397 g/mol. The van der Waals surface area contributed by atoms with Crippen LogP contribution in [0.2, 0.25) is 0 Å². The zero-order valence-electron chi connectivity index (χ0n) is 16.3. The highest BCUT2D eigenvalue weighted by Gasteiger charge is 2.18. The molecule has 0 unspecified atom stereocenters. The van der Waals surface area contributed by atoms with Crippen LogP contribution in [0.15, 0.2) is 24.3 Å². The molecule has 0 fully saturated rings. The molecule has 10 nitrogen and oxygen atoms in total. The zero-order chi connectivity index (χ0) is 21.1. The maximum Gasteiger partial charge on any atom is 0.378 e. The first-order valence-corrected chi connectivity index (χ1v) is 8.65. The fraction of sp³-hybridized carbons (Fsp3) is 0.263. The molecule has 0 atom stereocenters. The highest BCUT2D eigenvalue weighted by Crippen LogP contribution is 2.17. The standard InChI is InChI=1S/C19H19N5O5/c1-10-5-6-13(17(26)28-4)8-14(10)21-15(25)9-29-18(27)16-22-19-20-11(2)7-12(3)24(19)23-16/h5-8H,9H2,1-4H3,(H,21,25). The summed E-state index contributed by atoms with van der Waals surface area (Å²) in [6, 6.07) is 6.55. The van der Waals surface area contributed by atoms with Crippen molar-refractivity contribution in [1.29, 1.82) is 0 Å². The van der Waals surface area contributed by atoms with Gasteiger partial charge < -0.3 is 14.8 Å². The van der Waals surface area contributed by atoms with E-state index < -0.39 is 24.5 Å². The Kier molecular flexibility index (Phi) is 5.53. The van der Waals surface area contributed by atoms with Gasteiger partial charge in [-0.2, -0.15) is 4.98 Å². The number of anilines is 1. The fourth-order valence-electron chi connectivity index (χ4n) is 2.64. The van der Waals surface area contributed by atoms with Gasteiger partial charge in [0.05, 0.1) is 12.7 Å². The van der Waals surface area contributed by atoms with Gasteiger partial charge in [-0.25, -0.2) is 19.1 Å². The second kappa shape index (κ2) is 8.05. The normalized spacial score (nSPS) is 10.6. The molecule has 3 aromatic rings. The van der Waals surface area contributed by atoms with Crippen LogP contribution in [-0.2, 0) is 14.3 Å². The fourth-order valence-corrected chi connectivity index (χ4v) is 2.64. The van der Waals surface area contributed by atoms with E-state index in [0.29, 0.717) is 5.69 Å². The van der Waals surface area contributed by atoms with Gasteiger partial charge in [-0.1, -0.05) is 6.07 Å². The number of nitrogens with one attached hydrogen (secondary N) is 1. The minimum atomic E-state index is -0.845. The van der Waals surface area contributed by atoms with Crippen LogP contribution in [0.5, 0.6) is 0 Å². The molecule has 0 saturated heterocycles. The minimum absolute atomic E-state index is 0.192. The molecule has 0 saturated carbocycles. The average molecular weight is 397 g/mol. The topological polar surface area (TPSA) is 125 Å². The zero-order valence-corrected chi connectivity index (χ0v) is 16.3. The number of hydrogen-bond donors (Lipinski definition) is 1. The number of benzene rings is 1. The summed E-state index contributed by atoms with van der Waals surface area (Å²) in [7, 11) is 1.27. The van der Waals surface area contributed by atoms with Crippen molar-refractivity contribution in [2.75, 3.05) is 19.0 Å². The van der Waals surface area contributed by atoms with E-state index in [1.165, 1.54) is 17.7 Å². The number of esters is 2. The van der Waals surface area contributed by atoms with Crippen LogP contribution in [0.4, 0.5) is 5.69 Å². The SMILES string of the molecule is COC(=O)c1ccc(C)c(NC(=O)COC(=O)c2nc3nc(C)cc(C)n3n2)c1. The van der Waals surface area contributed by atoms with E-state index in [-0.39, 0.29) is 17.2 Å². The van der Waals surface area contributed by atoms with Crippen LogP contribution in [0.3, 0.4) is 0 Å². The number of carbonyl (C=O) groups is 3. The molecule has 0 aliphatic carbocycles. The number of aromatic nitrogens is 4. The number of ether oxygens (including phenoxy) is 2. The first-order valence-electron chi connectivity index (χ1n) is 8.65. The molecule has 1 aromatic carbocycles. The first kappa shape index (κ1) is 19.9. The van der Waals surface area contributed by atoms with Gasteiger partial charge in [-0.3, -0.25) is 4.79 Å². The quantitative estimate of drug-likeness (QED) is 0.644. The minimum Gasteiger partial charge on any atom is -0.465 e. The molecule has 2 heterocycles. The highest BCUT2D eigenvalue weighted by molar-refractivity contribution is 5.97. The molecule has 1 amide bonds. The Labute approximate surface area is 165 Å². The van der Waals surface area contributed by atoms with E-state index >= 15 is 0 Å². The molecule has 29 heavy (non-hydrogen) atoms. The maximum absolute atomic E-state index is 12.2. The van der Waals surface area contributed by atoms with E-state index in [1.807, 2.05) is 6.92 Å². The summed E-state index contributed by atoms with van der Waals surface area (Å²) in [5.74, 6) is -1.86. The van der Waals surface area contributed by atoms with E-state index in [4.69, 9.17) is 4.74 Å². The van der Waals surface area contributed by atoms with Crippen LogP contribution in [0.25, 0.3) is 5.78 Å². The van der Waals surface area contributed by atoms with Gasteiger partial charge in [0.25, 0.3) is 17.5 Å². The van der Waals surface area contributed by atoms with Crippen LogP contribution in [-0.4, -0.2) is 51.1 Å². The lowest BCUT2D eigenvalue weighted by molar-refractivity contribution is -0.119. The van der Waals surface area contributed by atoms with Gasteiger partial charge in [-0.05, 0) is 44.5 Å².